The molecule has 3 heterocycles. The van der Waals surface area contributed by atoms with E-state index in [1.807, 2.05) is 29.1 Å². The minimum Gasteiger partial charge on any atom is -0.349 e. The van der Waals surface area contributed by atoms with Gasteiger partial charge >= 0.3 is 0 Å². The Kier molecular flexibility index (Phi) is 3.31. The standard InChI is InChI=1S/C18H20N4/c1-15-18-8-5-10-20(18)12-13-21(15)14-16-9-11-22(19-16)17-6-3-2-4-7-17/h2-11,15H,12-14H2,1H3/t15-/m1/s1. The zero-order valence-corrected chi connectivity index (χ0v) is 12.8. The van der Waals surface area contributed by atoms with Gasteiger partial charge in [0.05, 0.1) is 11.4 Å². The zero-order valence-electron chi connectivity index (χ0n) is 12.8. The number of rotatable bonds is 3. The second-order valence-corrected chi connectivity index (χ2v) is 5.86. The van der Waals surface area contributed by atoms with Gasteiger partial charge in [0, 0.05) is 43.8 Å². The molecule has 0 fully saturated rings. The minimum absolute atomic E-state index is 0.436. The smallest absolute Gasteiger partial charge is 0.0769 e. The van der Waals surface area contributed by atoms with Crippen LogP contribution in [-0.2, 0) is 13.1 Å². The van der Waals surface area contributed by atoms with Crippen LogP contribution in [0.5, 0.6) is 0 Å². The summed E-state index contributed by atoms with van der Waals surface area (Å²) in [5.74, 6) is 0. The lowest BCUT2D eigenvalue weighted by molar-refractivity contribution is 0.158. The van der Waals surface area contributed by atoms with Crippen molar-refractivity contribution in [1.82, 2.24) is 19.2 Å². The molecule has 112 valence electrons. The predicted octanol–water partition coefficient (Wildman–Crippen LogP) is 3.25. The third-order valence-electron chi connectivity index (χ3n) is 4.50. The Hall–Kier alpha value is -2.33. The maximum atomic E-state index is 4.72. The summed E-state index contributed by atoms with van der Waals surface area (Å²) in [4.78, 5) is 2.49. The number of para-hydroxylation sites is 1. The highest BCUT2D eigenvalue weighted by Gasteiger charge is 2.23. The molecule has 0 bridgehead atoms. The topological polar surface area (TPSA) is 26.0 Å². The second kappa shape index (κ2) is 5.46. The van der Waals surface area contributed by atoms with Crippen LogP contribution in [0, 0.1) is 0 Å². The van der Waals surface area contributed by atoms with Gasteiger partial charge in [-0.2, -0.15) is 5.10 Å². The van der Waals surface area contributed by atoms with E-state index in [4.69, 9.17) is 5.10 Å². The van der Waals surface area contributed by atoms with Crippen molar-refractivity contribution in [3.63, 3.8) is 0 Å². The predicted molar refractivity (Wildman–Crippen MR) is 86.8 cm³/mol. The lowest BCUT2D eigenvalue weighted by atomic mass is 10.1. The summed E-state index contributed by atoms with van der Waals surface area (Å²) in [7, 11) is 0. The molecule has 3 aromatic rings. The van der Waals surface area contributed by atoms with Gasteiger partial charge in [-0.15, -0.1) is 0 Å². The van der Waals surface area contributed by atoms with Crippen LogP contribution in [0.4, 0.5) is 0 Å². The molecule has 0 spiro atoms. The van der Waals surface area contributed by atoms with E-state index in [9.17, 15) is 0 Å². The fraction of sp³-hybridized carbons (Fsp3) is 0.278. The highest BCUT2D eigenvalue weighted by Crippen LogP contribution is 2.26. The van der Waals surface area contributed by atoms with Gasteiger partial charge in [-0.05, 0) is 37.3 Å². The van der Waals surface area contributed by atoms with Gasteiger partial charge < -0.3 is 4.57 Å². The van der Waals surface area contributed by atoms with E-state index < -0.39 is 0 Å². The molecule has 4 rings (SSSR count). The van der Waals surface area contributed by atoms with E-state index >= 15 is 0 Å². The molecule has 1 aliphatic rings. The Morgan fingerprint density at radius 3 is 2.73 bits per heavy atom. The number of aromatic nitrogens is 3. The largest absolute Gasteiger partial charge is 0.349 e. The van der Waals surface area contributed by atoms with Crippen molar-refractivity contribution in [3.05, 3.63) is 72.3 Å². The zero-order chi connectivity index (χ0) is 14.9. The fourth-order valence-electron chi connectivity index (χ4n) is 3.22. The Labute approximate surface area is 130 Å². The van der Waals surface area contributed by atoms with Crippen LogP contribution in [0.2, 0.25) is 0 Å². The summed E-state index contributed by atoms with van der Waals surface area (Å²) < 4.78 is 4.30. The third-order valence-corrected chi connectivity index (χ3v) is 4.50. The Bertz CT molecular complexity index is 756. The molecular formula is C18H20N4. The van der Waals surface area contributed by atoms with Crippen molar-refractivity contribution >= 4 is 0 Å². The molecule has 0 aliphatic carbocycles. The van der Waals surface area contributed by atoms with Gasteiger partial charge in [0.1, 0.15) is 0 Å². The number of fused-ring (bicyclic) bond motifs is 1. The monoisotopic (exact) mass is 292 g/mol. The molecule has 0 amide bonds. The molecule has 0 N–H and O–H groups in total. The molecule has 0 unspecified atom stereocenters. The number of hydrogen-bond donors (Lipinski definition) is 0. The molecular weight excluding hydrogens is 272 g/mol. The van der Waals surface area contributed by atoms with Gasteiger partial charge in [0.15, 0.2) is 0 Å². The van der Waals surface area contributed by atoms with Crippen molar-refractivity contribution in [2.75, 3.05) is 6.54 Å². The van der Waals surface area contributed by atoms with Crippen molar-refractivity contribution in [1.29, 1.82) is 0 Å². The quantitative estimate of drug-likeness (QED) is 0.740. The molecule has 1 atom stereocenters. The highest BCUT2D eigenvalue weighted by atomic mass is 15.3. The average molecular weight is 292 g/mol. The van der Waals surface area contributed by atoms with Gasteiger partial charge in [-0.25, -0.2) is 4.68 Å². The second-order valence-electron chi connectivity index (χ2n) is 5.86. The van der Waals surface area contributed by atoms with E-state index in [2.05, 4.69) is 52.9 Å². The van der Waals surface area contributed by atoms with Gasteiger partial charge in [0.25, 0.3) is 0 Å². The maximum Gasteiger partial charge on any atom is 0.0769 e. The van der Waals surface area contributed by atoms with Gasteiger partial charge in [-0.1, -0.05) is 18.2 Å². The van der Waals surface area contributed by atoms with Crippen LogP contribution < -0.4 is 0 Å². The molecule has 1 aromatic carbocycles. The molecule has 0 saturated carbocycles. The van der Waals surface area contributed by atoms with Crippen molar-refractivity contribution < 1.29 is 0 Å². The van der Waals surface area contributed by atoms with Gasteiger partial charge in [0.2, 0.25) is 0 Å². The lowest BCUT2D eigenvalue weighted by Gasteiger charge is -2.34. The van der Waals surface area contributed by atoms with E-state index in [0.29, 0.717) is 6.04 Å². The number of nitrogens with zero attached hydrogens (tertiary/aromatic N) is 4. The Balaban J connectivity index is 1.52. The molecule has 4 heteroatoms. The van der Waals surface area contributed by atoms with Crippen LogP contribution in [-0.4, -0.2) is 25.8 Å². The average Bonchev–Trinajstić information content (AvgIpc) is 3.20. The minimum atomic E-state index is 0.436. The molecule has 0 saturated heterocycles. The van der Waals surface area contributed by atoms with Crippen molar-refractivity contribution in [2.24, 2.45) is 0 Å². The summed E-state index contributed by atoms with van der Waals surface area (Å²) >= 11 is 0. The maximum absolute atomic E-state index is 4.72. The van der Waals surface area contributed by atoms with Crippen LogP contribution in [0.25, 0.3) is 5.69 Å². The molecule has 0 radical (unpaired) electrons. The molecule has 1 aliphatic heterocycles. The van der Waals surface area contributed by atoms with E-state index in [0.717, 1.165) is 31.0 Å². The first-order valence-electron chi connectivity index (χ1n) is 7.80. The van der Waals surface area contributed by atoms with E-state index in [1.54, 1.807) is 0 Å². The Morgan fingerprint density at radius 2 is 1.86 bits per heavy atom. The molecule has 4 nitrogen and oxygen atoms in total. The SMILES string of the molecule is C[C@@H]1c2cccn2CCN1Cc1ccn(-c2ccccc2)n1. The normalized spacial score (nSPS) is 18.3. The van der Waals surface area contributed by atoms with E-state index in [-0.39, 0.29) is 0 Å². The summed E-state index contributed by atoms with van der Waals surface area (Å²) in [6, 6.07) is 17.2. The van der Waals surface area contributed by atoms with Gasteiger partial charge in [-0.3, -0.25) is 4.90 Å². The summed E-state index contributed by atoms with van der Waals surface area (Å²) in [6.07, 6.45) is 4.22. The van der Waals surface area contributed by atoms with Crippen molar-refractivity contribution in [3.8, 4) is 5.69 Å². The lowest BCUT2D eigenvalue weighted by Crippen LogP contribution is -2.36. The highest BCUT2D eigenvalue weighted by molar-refractivity contribution is 5.30. The van der Waals surface area contributed by atoms with Crippen LogP contribution in [0.15, 0.2) is 60.9 Å². The summed E-state index contributed by atoms with van der Waals surface area (Å²) in [5.41, 5.74) is 3.62. The van der Waals surface area contributed by atoms with Crippen LogP contribution in [0.1, 0.15) is 24.4 Å². The first kappa shape index (κ1) is 13.3. The first-order valence-corrected chi connectivity index (χ1v) is 7.80. The fourth-order valence-corrected chi connectivity index (χ4v) is 3.22. The summed E-state index contributed by atoms with van der Waals surface area (Å²) in [6.45, 7) is 5.30. The van der Waals surface area contributed by atoms with Crippen molar-refractivity contribution in [2.45, 2.75) is 26.1 Å². The number of benzene rings is 1. The molecule has 2 aromatic heterocycles. The molecule has 22 heavy (non-hydrogen) atoms. The Morgan fingerprint density at radius 1 is 1.00 bits per heavy atom. The first-order chi connectivity index (χ1) is 10.8. The van der Waals surface area contributed by atoms with Crippen LogP contribution in [0.3, 0.4) is 0 Å². The van der Waals surface area contributed by atoms with Crippen LogP contribution >= 0.6 is 0 Å². The number of hydrogen-bond acceptors (Lipinski definition) is 2. The van der Waals surface area contributed by atoms with E-state index in [1.165, 1.54) is 5.69 Å². The summed E-state index contributed by atoms with van der Waals surface area (Å²) in [5, 5.41) is 4.72. The third kappa shape index (κ3) is 2.35.